The van der Waals surface area contributed by atoms with Crippen molar-refractivity contribution in [2.75, 3.05) is 31.5 Å². The predicted octanol–water partition coefficient (Wildman–Crippen LogP) is 2.55. The summed E-state index contributed by atoms with van der Waals surface area (Å²) >= 11 is 0. The van der Waals surface area contributed by atoms with Crippen molar-refractivity contribution in [3.05, 3.63) is 29.3 Å². The molecule has 4 heterocycles. The first-order valence-corrected chi connectivity index (χ1v) is 12.2. The van der Waals surface area contributed by atoms with Gasteiger partial charge in [0.05, 0.1) is 0 Å². The molecule has 2 aromatic rings. The summed E-state index contributed by atoms with van der Waals surface area (Å²) in [6, 6.07) is 3.86. The Labute approximate surface area is 178 Å². The SMILES string of the molecule is Cc1nc(C[C@H]2CCCN(S(=O)(=O)N3CCCCC3)C2)cc(Nc2cc(C)[nH]n2)n1. The largest absolute Gasteiger partial charge is 0.323 e. The lowest BCUT2D eigenvalue weighted by molar-refractivity contribution is 0.236. The third kappa shape index (κ3) is 4.98. The molecule has 2 aliphatic heterocycles. The molecule has 164 valence electrons. The van der Waals surface area contributed by atoms with E-state index < -0.39 is 10.2 Å². The van der Waals surface area contributed by atoms with Crippen LogP contribution in [0.25, 0.3) is 0 Å². The summed E-state index contributed by atoms with van der Waals surface area (Å²) in [4.78, 5) is 9.05. The van der Waals surface area contributed by atoms with Crippen LogP contribution in [0.15, 0.2) is 12.1 Å². The molecule has 2 aliphatic rings. The first kappa shape index (κ1) is 21.2. The Morgan fingerprint density at radius 2 is 1.80 bits per heavy atom. The van der Waals surface area contributed by atoms with Crippen molar-refractivity contribution < 1.29 is 8.42 Å². The molecule has 0 radical (unpaired) electrons. The smallest absolute Gasteiger partial charge is 0.281 e. The molecule has 0 saturated carbocycles. The molecule has 0 unspecified atom stereocenters. The second-order valence-electron chi connectivity index (χ2n) is 8.39. The van der Waals surface area contributed by atoms with E-state index in [4.69, 9.17) is 0 Å². The van der Waals surface area contributed by atoms with Crippen molar-refractivity contribution in [2.24, 2.45) is 5.92 Å². The molecule has 0 aliphatic carbocycles. The number of anilines is 2. The monoisotopic (exact) mass is 433 g/mol. The third-order valence-corrected chi connectivity index (χ3v) is 7.80. The van der Waals surface area contributed by atoms with E-state index in [1.807, 2.05) is 26.0 Å². The minimum absolute atomic E-state index is 0.257. The molecule has 2 N–H and O–H groups in total. The zero-order valence-corrected chi connectivity index (χ0v) is 18.6. The van der Waals surface area contributed by atoms with E-state index >= 15 is 0 Å². The van der Waals surface area contributed by atoms with Gasteiger partial charge in [0.2, 0.25) is 0 Å². The first-order chi connectivity index (χ1) is 14.4. The highest BCUT2D eigenvalue weighted by molar-refractivity contribution is 7.86. The fraction of sp³-hybridized carbons (Fsp3) is 0.650. The van der Waals surface area contributed by atoms with Crippen LogP contribution in [0.5, 0.6) is 0 Å². The molecule has 9 nitrogen and oxygen atoms in total. The number of aryl methyl sites for hydroxylation is 2. The van der Waals surface area contributed by atoms with Crippen molar-refractivity contribution in [3.8, 4) is 0 Å². The van der Waals surface area contributed by atoms with Crippen LogP contribution in [0, 0.1) is 19.8 Å². The molecule has 10 heteroatoms. The van der Waals surface area contributed by atoms with Crippen LogP contribution in [0.1, 0.15) is 49.3 Å². The molecule has 0 amide bonds. The van der Waals surface area contributed by atoms with E-state index in [1.54, 1.807) is 8.61 Å². The van der Waals surface area contributed by atoms with Gasteiger partial charge in [0.25, 0.3) is 10.2 Å². The highest BCUT2D eigenvalue weighted by atomic mass is 32.2. The Morgan fingerprint density at radius 3 is 2.53 bits per heavy atom. The number of nitrogens with one attached hydrogen (secondary N) is 2. The molecule has 0 bridgehead atoms. The third-order valence-electron chi connectivity index (χ3n) is 5.80. The topological polar surface area (TPSA) is 107 Å². The summed E-state index contributed by atoms with van der Waals surface area (Å²) in [7, 11) is -3.36. The lowest BCUT2D eigenvalue weighted by Gasteiger charge is -2.36. The molecule has 0 aromatic carbocycles. The number of piperidine rings is 2. The Balaban J connectivity index is 1.43. The predicted molar refractivity (Wildman–Crippen MR) is 116 cm³/mol. The van der Waals surface area contributed by atoms with Crippen LogP contribution in [-0.2, 0) is 16.6 Å². The second-order valence-corrected chi connectivity index (χ2v) is 10.3. The first-order valence-electron chi connectivity index (χ1n) is 10.8. The average molecular weight is 434 g/mol. The molecule has 1 atom stereocenters. The van der Waals surface area contributed by atoms with Crippen LogP contribution in [-0.4, -0.2) is 63.4 Å². The van der Waals surface area contributed by atoms with E-state index in [0.717, 1.165) is 49.9 Å². The van der Waals surface area contributed by atoms with E-state index in [2.05, 4.69) is 25.5 Å². The summed E-state index contributed by atoms with van der Waals surface area (Å²) in [6.45, 7) is 6.29. The van der Waals surface area contributed by atoms with Crippen LogP contribution in [0.4, 0.5) is 11.6 Å². The maximum atomic E-state index is 13.1. The van der Waals surface area contributed by atoms with Crippen molar-refractivity contribution in [3.63, 3.8) is 0 Å². The fourth-order valence-electron chi connectivity index (χ4n) is 4.37. The number of aromatic nitrogens is 4. The summed E-state index contributed by atoms with van der Waals surface area (Å²) in [5.41, 5.74) is 1.90. The Hall–Kier alpha value is -2.04. The highest BCUT2D eigenvalue weighted by Crippen LogP contribution is 2.26. The molecule has 0 spiro atoms. The van der Waals surface area contributed by atoms with Gasteiger partial charge in [-0.05, 0) is 51.9 Å². The maximum absolute atomic E-state index is 13.1. The molecule has 2 fully saturated rings. The molecule has 30 heavy (non-hydrogen) atoms. The van der Waals surface area contributed by atoms with E-state index in [1.165, 1.54) is 0 Å². The number of aromatic amines is 1. The van der Waals surface area contributed by atoms with Crippen molar-refractivity contribution in [1.82, 2.24) is 28.8 Å². The van der Waals surface area contributed by atoms with Gasteiger partial charge in [0, 0.05) is 49.7 Å². The average Bonchev–Trinajstić information content (AvgIpc) is 3.13. The quantitative estimate of drug-likeness (QED) is 0.725. The lowest BCUT2D eigenvalue weighted by atomic mass is 9.94. The van der Waals surface area contributed by atoms with Gasteiger partial charge in [-0.2, -0.15) is 22.1 Å². The fourth-order valence-corrected chi connectivity index (χ4v) is 6.17. The normalized spacial score (nSPS) is 21.6. The van der Waals surface area contributed by atoms with E-state index in [0.29, 0.717) is 43.6 Å². The van der Waals surface area contributed by atoms with Crippen LogP contribution in [0.2, 0.25) is 0 Å². The van der Waals surface area contributed by atoms with Gasteiger partial charge >= 0.3 is 0 Å². The highest BCUT2D eigenvalue weighted by Gasteiger charge is 2.34. The maximum Gasteiger partial charge on any atom is 0.281 e. The van der Waals surface area contributed by atoms with Crippen molar-refractivity contribution in [2.45, 2.75) is 52.4 Å². The summed E-state index contributed by atoms with van der Waals surface area (Å²) in [5.74, 6) is 2.37. The zero-order valence-electron chi connectivity index (χ0n) is 17.8. The molecular weight excluding hydrogens is 402 g/mol. The standard InChI is InChI=1S/C20H31N7O2S/c1-15-11-20(25-24-15)23-19-13-18(21-16(2)22-19)12-17-7-6-10-27(14-17)30(28,29)26-8-4-3-5-9-26/h11,13,17H,3-10,12,14H2,1-2H3,(H2,21,22,23,24,25)/t17-/m1/s1. The van der Waals surface area contributed by atoms with E-state index in [9.17, 15) is 8.42 Å². The number of H-pyrrole nitrogens is 1. The van der Waals surface area contributed by atoms with Gasteiger partial charge < -0.3 is 5.32 Å². The molecule has 4 rings (SSSR count). The second kappa shape index (κ2) is 8.99. The summed E-state index contributed by atoms with van der Waals surface area (Å²) in [6.07, 6.45) is 5.68. The van der Waals surface area contributed by atoms with Crippen LogP contribution >= 0.6 is 0 Å². The van der Waals surface area contributed by atoms with E-state index in [-0.39, 0.29) is 5.92 Å². The van der Waals surface area contributed by atoms with Crippen molar-refractivity contribution >= 4 is 21.8 Å². The number of hydrogen-bond acceptors (Lipinski definition) is 6. The Morgan fingerprint density at radius 1 is 1.03 bits per heavy atom. The van der Waals surface area contributed by atoms with Crippen molar-refractivity contribution in [1.29, 1.82) is 0 Å². The Bertz CT molecular complexity index is 969. The van der Waals surface area contributed by atoms with Crippen LogP contribution < -0.4 is 5.32 Å². The van der Waals surface area contributed by atoms with Gasteiger partial charge in [-0.25, -0.2) is 9.97 Å². The van der Waals surface area contributed by atoms with Crippen LogP contribution in [0.3, 0.4) is 0 Å². The van der Waals surface area contributed by atoms with Gasteiger partial charge in [0.1, 0.15) is 11.6 Å². The summed E-state index contributed by atoms with van der Waals surface area (Å²) in [5, 5.41) is 10.3. The van der Waals surface area contributed by atoms with Gasteiger partial charge in [-0.1, -0.05) is 6.42 Å². The lowest BCUT2D eigenvalue weighted by Crippen LogP contribution is -2.49. The summed E-state index contributed by atoms with van der Waals surface area (Å²) < 4.78 is 29.5. The van der Waals surface area contributed by atoms with Gasteiger partial charge in [0.15, 0.2) is 5.82 Å². The Kier molecular flexibility index (Phi) is 6.35. The molecule has 2 aromatic heterocycles. The minimum atomic E-state index is -3.36. The zero-order chi connectivity index (χ0) is 21.1. The number of nitrogens with zero attached hydrogens (tertiary/aromatic N) is 5. The number of hydrogen-bond donors (Lipinski definition) is 2. The van der Waals surface area contributed by atoms with Gasteiger partial charge in [-0.15, -0.1) is 0 Å². The minimum Gasteiger partial charge on any atom is -0.323 e. The molecular formula is C20H31N7O2S. The number of rotatable bonds is 6. The molecule has 2 saturated heterocycles. The van der Waals surface area contributed by atoms with Gasteiger partial charge in [-0.3, -0.25) is 5.10 Å².